The van der Waals surface area contributed by atoms with Gasteiger partial charge in [0.15, 0.2) is 0 Å². The first-order chi connectivity index (χ1) is 9.33. The number of rotatable bonds is 3. The third-order valence-corrected chi connectivity index (χ3v) is 5.05. The molecule has 19 heavy (non-hydrogen) atoms. The van der Waals surface area contributed by atoms with Crippen LogP contribution in [0.25, 0.3) is 0 Å². The van der Waals surface area contributed by atoms with Crippen LogP contribution in [0.3, 0.4) is 0 Å². The lowest BCUT2D eigenvalue weighted by Crippen LogP contribution is -2.04. The summed E-state index contributed by atoms with van der Waals surface area (Å²) in [5.41, 5.74) is 3.96. The van der Waals surface area contributed by atoms with Crippen LogP contribution in [0.15, 0.2) is 18.2 Å². The van der Waals surface area contributed by atoms with Gasteiger partial charge >= 0.3 is 0 Å². The molecule has 1 aliphatic carbocycles. The van der Waals surface area contributed by atoms with Gasteiger partial charge < -0.3 is 4.74 Å². The maximum atomic E-state index is 6.65. The summed E-state index contributed by atoms with van der Waals surface area (Å²) in [6.45, 7) is 1.53. The Bertz CT molecular complexity index is 421. The lowest BCUT2D eigenvalue weighted by molar-refractivity contribution is 0.134. The van der Waals surface area contributed by atoms with E-state index in [-0.39, 0.29) is 5.38 Å². The molecule has 1 aromatic carbocycles. The summed E-state index contributed by atoms with van der Waals surface area (Å²) in [5.74, 6) is 0.828. The molecule has 0 aromatic heterocycles. The Morgan fingerprint density at radius 3 is 2.58 bits per heavy atom. The fourth-order valence-electron chi connectivity index (χ4n) is 3.42. The summed E-state index contributed by atoms with van der Waals surface area (Å²) >= 11 is 6.65. The van der Waals surface area contributed by atoms with E-state index in [0.29, 0.717) is 0 Å². The molecular formula is C17H23ClO. The zero-order chi connectivity index (χ0) is 13.1. The Labute approximate surface area is 121 Å². The predicted molar refractivity (Wildman–Crippen MR) is 79.3 cm³/mol. The number of fused-ring (bicyclic) bond motifs is 1. The summed E-state index contributed by atoms with van der Waals surface area (Å²) in [6, 6.07) is 6.65. The Kier molecular flexibility index (Phi) is 4.45. The third-order valence-electron chi connectivity index (χ3n) is 4.62. The number of hydrogen-bond donors (Lipinski definition) is 0. The lowest BCUT2D eigenvalue weighted by Gasteiger charge is -2.18. The zero-order valence-corrected chi connectivity index (χ0v) is 12.3. The van der Waals surface area contributed by atoms with Gasteiger partial charge in [-0.05, 0) is 29.0 Å². The molecule has 2 aliphatic rings. The van der Waals surface area contributed by atoms with Crippen LogP contribution in [0.4, 0.5) is 0 Å². The van der Waals surface area contributed by atoms with Gasteiger partial charge in [0.2, 0.25) is 0 Å². The van der Waals surface area contributed by atoms with Crippen LogP contribution in [0.5, 0.6) is 0 Å². The molecule has 0 N–H and O–H groups in total. The lowest BCUT2D eigenvalue weighted by atomic mass is 9.92. The van der Waals surface area contributed by atoms with E-state index in [1.807, 2.05) is 0 Å². The van der Waals surface area contributed by atoms with Crippen molar-refractivity contribution in [3.8, 4) is 0 Å². The first-order valence-electron chi connectivity index (χ1n) is 7.66. The molecule has 1 unspecified atom stereocenters. The highest BCUT2D eigenvalue weighted by molar-refractivity contribution is 6.20. The molecule has 0 saturated heterocycles. The molecule has 1 aromatic rings. The SMILES string of the molecule is ClC(CC1CCCCCC1)c1ccc2c(c1)COC2. The second-order valence-corrected chi connectivity index (χ2v) is 6.61. The maximum Gasteiger partial charge on any atom is 0.0725 e. The second-order valence-electron chi connectivity index (χ2n) is 6.08. The van der Waals surface area contributed by atoms with Crippen LogP contribution in [0.1, 0.15) is 67.0 Å². The van der Waals surface area contributed by atoms with E-state index in [1.165, 1.54) is 55.2 Å². The second kappa shape index (κ2) is 6.28. The topological polar surface area (TPSA) is 9.23 Å². The molecule has 1 atom stereocenters. The normalized spacial score (nSPS) is 21.9. The number of alkyl halides is 1. The van der Waals surface area contributed by atoms with E-state index in [9.17, 15) is 0 Å². The number of hydrogen-bond acceptors (Lipinski definition) is 1. The number of ether oxygens (including phenoxy) is 1. The molecular weight excluding hydrogens is 256 g/mol. The largest absolute Gasteiger partial charge is 0.372 e. The molecule has 0 radical (unpaired) electrons. The van der Waals surface area contributed by atoms with Gasteiger partial charge in [-0.1, -0.05) is 56.7 Å². The molecule has 1 saturated carbocycles. The summed E-state index contributed by atoms with van der Waals surface area (Å²) in [4.78, 5) is 0. The van der Waals surface area contributed by atoms with E-state index in [2.05, 4.69) is 18.2 Å². The van der Waals surface area contributed by atoms with Crippen molar-refractivity contribution < 1.29 is 4.74 Å². The van der Waals surface area contributed by atoms with Crippen molar-refractivity contribution >= 4 is 11.6 Å². The minimum atomic E-state index is 0.175. The van der Waals surface area contributed by atoms with Crippen molar-refractivity contribution in [3.05, 3.63) is 34.9 Å². The minimum absolute atomic E-state index is 0.175. The van der Waals surface area contributed by atoms with Crippen molar-refractivity contribution in [1.82, 2.24) is 0 Å². The molecule has 0 spiro atoms. The van der Waals surface area contributed by atoms with E-state index >= 15 is 0 Å². The predicted octanol–water partition coefficient (Wildman–Crippen LogP) is 5.36. The van der Waals surface area contributed by atoms with Gasteiger partial charge in [-0.3, -0.25) is 0 Å². The van der Waals surface area contributed by atoms with Gasteiger partial charge in [-0.2, -0.15) is 0 Å². The van der Waals surface area contributed by atoms with Gasteiger partial charge in [0.25, 0.3) is 0 Å². The Balaban J connectivity index is 1.64. The molecule has 1 aliphatic heterocycles. The summed E-state index contributed by atoms with van der Waals surface area (Å²) in [5, 5.41) is 0.175. The summed E-state index contributed by atoms with van der Waals surface area (Å²) < 4.78 is 5.47. The van der Waals surface area contributed by atoms with Crippen LogP contribution in [0.2, 0.25) is 0 Å². The van der Waals surface area contributed by atoms with Crippen LogP contribution >= 0.6 is 11.6 Å². The van der Waals surface area contributed by atoms with Crippen molar-refractivity contribution in [3.63, 3.8) is 0 Å². The smallest absolute Gasteiger partial charge is 0.0725 e. The Morgan fingerprint density at radius 2 is 1.79 bits per heavy atom. The van der Waals surface area contributed by atoms with E-state index in [0.717, 1.165) is 25.6 Å². The van der Waals surface area contributed by atoms with E-state index in [1.54, 1.807) is 0 Å². The van der Waals surface area contributed by atoms with Crippen LogP contribution in [0, 0.1) is 5.92 Å². The zero-order valence-electron chi connectivity index (χ0n) is 11.5. The first kappa shape index (κ1) is 13.5. The highest BCUT2D eigenvalue weighted by Gasteiger charge is 2.19. The average molecular weight is 279 g/mol. The molecule has 0 amide bonds. The minimum Gasteiger partial charge on any atom is -0.372 e. The van der Waals surface area contributed by atoms with Gasteiger partial charge in [0.05, 0.1) is 18.6 Å². The first-order valence-corrected chi connectivity index (χ1v) is 8.10. The summed E-state index contributed by atoms with van der Waals surface area (Å²) in [6.07, 6.45) is 9.51. The van der Waals surface area contributed by atoms with Crippen LogP contribution in [-0.4, -0.2) is 0 Å². The highest BCUT2D eigenvalue weighted by atomic mass is 35.5. The number of benzene rings is 1. The monoisotopic (exact) mass is 278 g/mol. The van der Waals surface area contributed by atoms with E-state index < -0.39 is 0 Å². The average Bonchev–Trinajstić information content (AvgIpc) is 2.75. The van der Waals surface area contributed by atoms with Crippen molar-refractivity contribution in [2.24, 2.45) is 5.92 Å². The molecule has 1 heterocycles. The van der Waals surface area contributed by atoms with Crippen LogP contribution < -0.4 is 0 Å². The van der Waals surface area contributed by atoms with E-state index in [4.69, 9.17) is 16.3 Å². The molecule has 2 heteroatoms. The van der Waals surface area contributed by atoms with Gasteiger partial charge in [0, 0.05) is 0 Å². The quantitative estimate of drug-likeness (QED) is 0.534. The molecule has 1 fully saturated rings. The van der Waals surface area contributed by atoms with Crippen LogP contribution in [-0.2, 0) is 18.0 Å². The van der Waals surface area contributed by atoms with Gasteiger partial charge in [-0.15, -0.1) is 11.6 Å². The van der Waals surface area contributed by atoms with Crippen molar-refractivity contribution in [1.29, 1.82) is 0 Å². The highest BCUT2D eigenvalue weighted by Crippen LogP contribution is 2.35. The molecule has 1 nitrogen and oxygen atoms in total. The van der Waals surface area contributed by atoms with Gasteiger partial charge in [-0.25, -0.2) is 0 Å². The Hall–Kier alpha value is -0.530. The molecule has 104 valence electrons. The third kappa shape index (κ3) is 3.32. The van der Waals surface area contributed by atoms with Crippen molar-refractivity contribution in [2.45, 2.75) is 63.5 Å². The molecule has 3 rings (SSSR count). The fraction of sp³-hybridized carbons (Fsp3) is 0.647. The molecule has 0 bridgehead atoms. The Morgan fingerprint density at radius 1 is 1.05 bits per heavy atom. The summed E-state index contributed by atoms with van der Waals surface area (Å²) in [7, 11) is 0. The maximum absolute atomic E-state index is 6.65. The standard InChI is InChI=1S/C17H23ClO/c18-17(9-13-5-3-1-2-4-6-13)14-7-8-15-11-19-12-16(15)10-14/h7-8,10,13,17H,1-6,9,11-12H2. The fourth-order valence-corrected chi connectivity index (χ4v) is 3.80. The number of halogens is 1. The van der Waals surface area contributed by atoms with Crippen molar-refractivity contribution in [2.75, 3.05) is 0 Å². The van der Waals surface area contributed by atoms with Gasteiger partial charge in [0.1, 0.15) is 0 Å².